The van der Waals surface area contributed by atoms with E-state index in [9.17, 15) is 13.2 Å². The predicted molar refractivity (Wildman–Crippen MR) is 68.4 cm³/mol. The number of hydrogen-bond acceptors (Lipinski definition) is 4. The van der Waals surface area contributed by atoms with Crippen molar-refractivity contribution in [1.29, 1.82) is 0 Å². The van der Waals surface area contributed by atoms with Gasteiger partial charge in [-0.05, 0) is 19.3 Å². The second kappa shape index (κ2) is 7.15. The number of rotatable bonds is 5. The molecule has 4 N–H and O–H groups in total. The van der Waals surface area contributed by atoms with E-state index in [0.29, 0.717) is 6.54 Å². The van der Waals surface area contributed by atoms with E-state index in [4.69, 9.17) is 5.73 Å². The van der Waals surface area contributed by atoms with Crippen LogP contribution in [0.1, 0.15) is 19.3 Å². The summed E-state index contributed by atoms with van der Waals surface area (Å²) in [6.45, 7) is 0.543. The Balaban J connectivity index is 0.00000256. The monoisotopic (exact) mass is 285 g/mol. The third kappa shape index (κ3) is 6.82. The summed E-state index contributed by atoms with van der Waals surface area (Å²) >= 11 is 0. The summed E-state index contributed by atoms with van der Waals surface area (Å²) in [6.07, 6.45) is 3.53. The van der Waals surface area contributed by atoms with Crippen LogP contribution in [-0.4, -0.2) is 39.7 Å². The molecule has 2 atom stereocenters. The first kappa shape index (κ1) is 16.6. The Morgan fingerprint density at radius 1 is 1.35 bits per heavy atom. The molecule has 1 amide bonds. The fraction of sp³-hybridized carbons (Fsp3) is 0.889. The second-order valence-electron chi connectivity index (χ2n) is 4.23. The van der Waals surface area contributed by atoms with Gasteiger partial charge in [0.2, 0.25) is 15.9 Å². The molecule has 0 saturated heterocycles. The zero-order valence-electron chi connectivity index (χ0n) is 9.81. The third-order valence-electron chi connectivity index (χ3n) is 2.63. The van der Waals surface area contributed by atoms with E-state index >= 15 is 0 Å². The number of nitrogens with two attached hydrogens (primary N) is 1. The molecule has 0 radical (unpaired) electrons. The van der Waals surface area contributed by atoms with Crippen molar-refractivity contribution in [3.05, 3.63) is 0 Å². The number of carbonyl (C=O) groups is 1. The van der Waals surface area contributed by atoms with E-state index in [2.05, 4.69) is 10.0 Å². The molecule has 2 unspecified atom stereocenters. The van der Waals surface area contributed by atoms with Gasteiger partial charge in [0.25, 0.3) is 0 Å². The molecular formula is C9H20ClN3O3S. The van der Waals surface area contributed by atoms with E-state index in [1.54, 1.807) is 0 Å². The fourth-order valence-electron chi connectivity index (χ4n) is 1.82. The smallest absolute Gasteiger partial charge is 0.223 e. The Bertz CT molecular complexity index is 347. The normalized spacial score (nSPS) is 24.1. The minimum Gasteiger partial charge on any atom is -0.355 e. The lowest BCUT2D eigenvalue weighted by Crippen LogP contribution is -2.37. The Labute approximate surface area is 108 Å². The van der Waals surface area contributed by atoms with Crippen LogP contribution in [0, 0.1) is 5.92 Å². The van der Waals surface area contributed by atoms with Gasteiger partial charge < -0.3 is 11.1 Å². The Morgan fingerprint density at radius 2 is 2.00 bits per heavy atom. The average molecular weight is 286 g/mol. The minimum absolute atomic E-state index is 0. The topological polar surface area (TPSA) is 101 Å². The summed E-state index contributed by atoms with van der Waals surface area (Å²) in [5.41, 5.74) is 5.70. The van der Waals surface area contributed by atoms with E-state index < -0.39 is 10.0 Å². The average Bonchev–Trinajstić information content (AvgIpc) is 2.57. The van der Waals surface area contributed by atoms with Crippen LogP contribution in [0.4, 0.5) is 0 Å². The molecule has 6 nitrogen and oxygen atoms in total. The Kier molecular flexibility index (Phi) is 6.99. The summed E-state index contributed by atoms with van der Waals surface area (Å²) in [5, 5.41) is 2.70. The van der Waals surface area contributed by atoms with Crippen LogP contribution in [0.5, 0.6) is 0 Å². The molecule has 0 bridgehead atoms. The van der Waals surface area contributed by atoms with Crippen molar-refractivity contribution in [3.8, 4) is 0 Å². The van der Waals surface area contributed by atoms with Gasteiger partial charge in [0.1, 0.15) is 0 Å². The number of sulfonamides is 1. The van der Waals surface area contributed by atoms with Crippen LogP contribution in [0.15, 0.2) is 0 Å². The first-order chi connectivity index (χ1) is 7.38. The molecule has 0 aliphatic heterocycles. The quantitative estimate of drug-likeness (QED) is 0.576. The third-order valence-corrected chi connectivity index (χ3v) is 3.36. The van der Waals surface area contributed by atoms with Crippen LogP contribution in [-0.2, 0) is 14.8 Å². The van der Waals surface area contributed by atoms with Crippen molar-refractivity contribution >= 4 is 28.3 Å². The zero-order valence-corrected chi connectivity index (χ0v) is 11.4. The number of hydrogen-bond donors (Lipinski definition) is 3. The van der Waals surface area contributed by atoms with Gasteiger partial charge in [-0.3, -0.25) is 4.79 Å². The highest BCUT2D eigenvalue weighted by Gasteiger charge is 2.27. The van der Waals surface area contributed by atoms with Crippen molar-refractivity contribution < 1.29 is 13.2 Å². The van der Waals surface area contributed by atoms with Crippen molar-refractivity contribution in [2.45, 2.75) is 25.3 Å². The molecule has 102 valence electrons. The van der Waals surface area contributed by atoms with Crippen molar-refractivity contribution in [3.63, 3.8) is 0 Å². The van der Waals surface area contributed by atoms with Gasteiger partial charge in [-0.2, -0.15) is 0 Å². The summed E-state index contributed by atoms with van der Waals surface area (Å²) < 4.78 is 23.8. The van der Waals surface area contributed by atoms with Crippen LogP contribution >= 0.6 is 12.4 Å². The van der Waals surface area contributed by atoms with Crippen molar-refractivity contribution in [2.75, 3.05) is 19.3 Å². The molecule has 0 aromatic rings. The fourth-order valence-corrected chi connectivity index (χ4v) is 2.29. The van der Waals surface area contributed by atoms with E-state index in [-0.39, 0.29) is 36.8 Å². The first-order valence-corrected chi connectivity index (χ1v) is 7.25. The highest BCUT2D eigenvalue weighted by Crippen LogP contribution is 2.23. The van der Waals surface area contributed by atoms with Crippen LogP contribution in [0.25, 0.3) is 0 Å². The predicted octanol–water partition coefficient (Wildman–Crippen LogP) is -0.799. The minimum atomic E-state index is -3.17. The number of halogens is 1. The molecule has 0 spiro atoms. The standard InChI is InChI=1S/C9H19N3O3S.ClH/c1-16(14,15)12-5-4-11-9(13)7-2-3-8(10)6-7;/h7-8,12H,2-6,10H2,1H3,(H,11,13);1H. The molecular weight excluding hydrogens is 266 g/mol. The molecule has 8 heteroatoms. The highest BCUT2D eigenvalue weighted by molar-refractivity contribution is 7.88. The Morgan fingerprint density at radius 3 is 2.47 bits per heavy atom. The maximum atomic E-state index is 11.6. The second-order valence-corrected chi connectivity index (χ2v) is 6.06. The van der Waals surface area contributed by atoms with E-state index in [1.807, 2.05) is 0 Å². The molecule has 1 aliphatic carbocycles. The SMILES string of the molecule is CS(=O)(=O)NCCNC(=O)C1CCC(N)C1.Cl. The summed E-state index contributed by atoms with van der Waals surface area (Å²) in [6, 6.07) is 0.130. The van der Waals surface area contributed by atoms with Gasteiger partial charge in [-0.15, -0.1) is 12.4 Å². The van der Waals surface area contributed by atoms with Gasteiger partial charge in [0.05, 0.1) is 6.26 Å². The largest absolute Gasteiger partial charge is 0.355 e. The lowest BCUT2D eigenvalue weighted by atomic mass is 10.1. The van der Waals surface area contributed by atoms with Crippen molar-refractivity contribution in [2.24, 2.45) is 11.7 Å². The van der Waals surface area contributed by atoms with E-state index in [0.717, 1.165) is 25.5 Å². The van der Waals surface area contributed by atoms with Gasteiger partial charge in [-0.1, -0.05) is 0 Å². The van der Waals surface area contributed by atoms with Gasteiger partial charge in [0.15, 0.2) is 0 Å². The van der Waals surface area contributed by atoms with Crippen LogP contribution in [0.3, 0.4) is 0 Å². The number of amides is 1. The molecule has 1 aliphatic rings. The zero-order chi connectivity index (χ0) is 12.2. The van der Waals surface area contributed by atoms with Gasteiger partial charge >= 0.3 is 0 Å². The molecule has 17 heavy (non-hydrogen) atoms. The molecule has 0 heterocycles. The Hall–Kier alpha value is -0.370. The van der Waals surface area contributed by atoms with Crippen LogP contribution < -0.4 is 15.8 Å². The molecule has 1 rings (SSSR count). The maximum absolute atomic E-state index is 11.6. The van der Waals surface area contributed by atoms with E-state index in [1.165, 1.54) is 0 Å². The summed E-state index contributed by atoms with van der Waals surface area (Å²) in [7, 11) is -3.17. The molecule has 0 aromatic heterocycles. The van der Waals surface area contributed by atoms with Gasteiger partial charge in [0, 0.05) is 25.0 Å². The van der Waals surface area contributed by atoms with Crippen LogP contribution in [0.2, 0.25) is 0 Å². The maximum Gasteiger partial charge on any atom is 0.223 e. The first-order valence-electron chi connectivity index (χ1n) is 5.36. The number of nitrogens with one attached hydrogen (secondary N) is 2. The summed E-state index contributed by atoms with van der Waals surface area (Å²) in [4.78, 5) is 11.6. The molecule has 1 saturated carbocycles. The van der Waals surface area contributed by atoms with Crippen molar-refractivity contribution in [1.82, 2.24) is 10.0 Å². The van der Waals surface area contributed by atoms with Gasteiger partial charge in [-0.25, -0.2) is 13.1 Å². The molecule has 0 aromatic carbocycles. The summed E-state index contributed by atoms with van der Waals surface area (Å²) in [5.74, 6) is -0.0310. The number of carbonyl (C=O) groups excluding carboxylic acids is 1. The lowest BCUT2D eigenvalue weighted by molar-refractivity contribution is -0.124. The molecule has 1 fully saturated rings. The lowest BCUT2D eigenvalue weighted by Gasteiger charge is -2.10. The highest BCUT2D eigenvalue weighted by atomic mass is 35.5.